The Balaban J connectivity index is 1.57. The number of urea groups is 1. The third-order valence-electron chi connectivity index (χ3n) is 6.01. The van der Waals surface area contributed by atoms with Crippen molar-refractivity contribution in [1.82, 2.24) is 9.62 Å². The average Bonchev–Trinajstić information content (AvgIpc) is 2.88. The molecule has 1 saturated heterocycles. The molecule has 0 unspecified atom stereocenters. The Bertz CT molecular complexity index is 1300. The molecular weight excluding hydrogens is 545 g/mol. The molecule has 2 amide bonds. The molecule has 0 aliphatic carbocycles. The monoisotopic (exact) mass is 572 g/mol. The highest BCUT2D eigenvalue weighted by Gasteiger charge is 2.32. The van der Waals surface area contributed by atoms with Crippen LogP contribution in [0.4, 0.5) is 29.3 Å². The van der Waals surface area contributed by atoms with Gasteiger partial charge in [-0.25, -0.2) is 18.0 Å². The summed E-state index contributed by atoms with van der Waals surface area (Å²) in [5.74, 6) is -2.42. The van der Waals surface area contributed by atoms with Crippen LogP contribution < -0.4 is 15.5 Å². The summed E-state index contributed by atoms with van der Waals surface area (Å²) >= 11 is 0. The predicted octanol–water partition coefficient (Wildman–Crippen LogP) is 3.05. The fraction of sp³-hybridized carbons (Fsp3) is 0.375. The molecule has 0 radical (unpaired) electrons. The second kappa shape index (κ2) is 12.3. The number of hydrogen-bond donors (Lipinski definition) is 4. The van der Waals surface area contributed by atoms with Crippen LogP contribution in [0, 0.1) is 0 Å². The summed E-state index contributed by atoms with van der Waals surface area (Å²) in [6, 6.07) is 7.86. The summed E-state index contributed by atoms with van der Waals surface area (Å²) in [4.78, 5) is 35.7. The molecule has 3 rings (SSSR count). The van der Waals surface area contributed by atoms with Gasteiger partial charge in [0.05, 0.1) is 10.5 Å². The number of carbonyl (C=O) groups is 3. The minimum absolute atomic E-state index is 0.0489. The summed E-state index contributed by atoms with van der Waals surface area (Å²) in [5.41, 5.74) is -0.243. The maximum Gasteiger partial charge on any atom is 0.416 e. The fourth-order valence-electron chi connectivity index (χ4n) is 3.97. The van der Waals surface area contributed by atoms with Crippen LogP contribution in [0.3, 0.4) is 0 Å². The molecule has 11 nitrogen and oxygen atoms in total. The standard InChI is InChI=1S/C24H27F3N4O7S/c25-24(26,27)16-3-1-4-18(15-16)30-11-13-31(14-12-30)39(37,38)19-9-7-17(8-10-19)28-23(36)29-20(22(34)35)5-2-6-21(32)33/h1,3-4,7-10,15,20H,2,5-6,11-14H2,(H,32,33)(H,34,35)(H2,28,29,36)/t20-/m0/s1. The number of halogens is 3. The lowest BCUT2D eigenvalue weighted by atomic mass is 10.1. The molecular formula is C24H27F3N4O7S. The first-order valence-electron chi connectivity index (χ1n) is 11.8. The van der Waals surface area contributed by atoms with E-state index in [1.54, 1.807) is 4.90 Å². The first-order valence-corrected chi connectivity index (χ1v) is 13.3. The van der Waals surface area contributed by atoms with Gasteiger partial charge in [0, 0.05) is 44.0 Å². The van der Waals surface area contributed by atoms with Gasteiger partial charge in [-0.05, 0) is 55.3 Å². The number of nitrogens with one attached hydrogen (secondary N) is 2. The van der Waals surface area contributed by atoms with Crippen molar-refractivity contribution in [3.05, 3.63) is 54.1 Å². The van der Waals surface area contributed by atoms with Crippen LogP contribution in [0.15, 0.2) is 53.4 Å². The largest absolute Gasteiger partial charge is 0.481 e. The van der Waals surface area contributed by atoms with E-state index in [0.717, 1.165) is 12.1 Å². The predicted molar refractivity (Wildman–Crippen MR) is 134 cm³/mol. The van der Waals surface area contributed by atoms with Gasteiger partial charge in [-0.2, -0.15) is 17.5 Å². The van der Waals surface area contributed by atoms with Crippen molar-refractivity contribution in [3.8, 4) is 0 Å². The lowest BCUT2D eigenvalue weighted by Crippen LogP contribution is -2.48. The van der Waals surface area contributed by atoms with Crippen molar-refractivity contribution in [2.24, 2.45) is 0 Å². The number of carboxylic acid groups (broad SMARTS) is 2. The molecule has 1 fully saturated rings. The molecule has 1 aliphatic rings. The Morgan fingerprint density at radius 3 is 2.18 bits per heavy atom. The van der Waals surface area contributed by atoms with Crippen molar-refractivity contribution >= 4 is 39.4 Å². The van der Waals surface area contributed by atoms with Gasteiger partial charge in [-0.1, -0.05) is 6.07 Å². The second-order valence-corrected chi connectivity index (χ2v) is 10.7. The minimum Gasteiger partial charge on any atom is -0.481 e. The summed E-state index contributed by atoms with van der Waals surface area (Å²) in [6.45, 7) is 0.494. The van der Waals surface area contributed by atoms with Gasteiger partial charge in [-0.3, -0.25) is 4.79 Å². The van der Waals surface area contributed by atoms with E-state index in [-0.39, 0.29) is 56.0 Å². The Labute approximate surface area is 222 Å². The van der Waals surface area contributed by atoms with Crippen molar-refractivity contribution in [2.75, 3.05) is 36.4 Å². The number of anilines is 2. The van der Waals surface area contributed by atoms with Crippen LogP contribution >= 0.6 is 0 Å². The average molecular weight is 573 g/mol. The van der Waals surface area contributed by atoms with E-state index in [1.807, 2.05) is 0 Å². The Morgan fingerprint density at radius 1 is 0.974 bits per heavy atom. The molecule has 4 N–H and O–H groups in total. The van der Waals surface area contributed by atoms with Crippen LogP contribution in [0.5, 0.6) is 0 Å². The minimum atomic E-state index is -4.48. The number of aliphatic carboxylic acids is 2. The molecule has 0 aromatic heterocycles. The topological polar surface area (TPSA) is 156 Å². The van der Waals surface area contributed by atoms with Crippen LogP contribution in [-0.2, 0) is 25.8 Å². The van der Waals surface area contributed by atoms with Crippen molar-refractivity contribution in [2.45, 2.75) is 36.4 Å². The number of carbonyl (C=O) groups excluding carboxylic acids is 1. The smallest absolute Gasteiger partial charge is 0.416 e. The number of piperazine rings is 1. The molecule has 39 heavy (non-hydrogen) atoms. The maximum atomic E-state index is 13.1. The summed E-state index contributed by atoms with van der Waals surface area (Å²) in [5, 5.41) is 22.5. The Morgan fingerprint density at radius 2 is 1.62 bits per heavy atom. The fourth-order valence-corrected chi connectivity index (χ4v) is 5.39. The van der Waals surface area contributed by atoms with Crippen molar-refractivity contribution in [1.29, 1.82) is 0 Å². The van der Waals surface area contributed by atoms with Gasteiger partial charge < -0.3 is 25.7 Å². The summed E-state index contributed by atoms with van der Waals surface area (Å²) in [7, 11) is -3.92. The molecule has 0 bridgehead atoms. The van der Waals surface area contributed by atoms with Crippen LogP contribution in [-0.4, -0.2) is 73.1 Å². The zero-order chi connectivity index (χ0) is 28.8. The zero-order valence-electron chi connectivity index (χ0n) is 20.5. The van der Waals surface area contributed by atoms with E-state index < -0.39 is 45.8 Å². The Hall–Kier alpha value is -3.85. The number of hydrogen-bond acceptors (Lipinski definition) is 6. The van der Waals surface area contributed by atoms with E-state index >= 15 is 0 Å². The van der Waals surface area contributed by atoms with E-state index in [0.29, 0.717) is 5.69 Å². The van der Waals surface area contributed by atoms with Crippen molar-refractivity contribution < 1.29 is 46.2 Å². The first kappa shape index (κ1) is 29.7. The molecule has 1 atom stereocenters. The quantitative estimate of drug-likeness (QED) is 0.339. The lowest BCUT2D eigenvalue weighted by molar-refractivity contribution is -0.140. The van der Waals surface area contributed by atoms with E-state index in [2.05, 4.69) is 10.6 Å². The van der Waals surface area contributed by atoms with Gasteiger partial charge in [0.25, 0.3) is 0 Å². The molecule has 0 saturated carbocycles. The zero-order valence-corrected chi connectivity index (χ0v) is 21.3. The third-order valence-corrected chi connectivity index (χ3v) is 7.93. The summed E-state index contributed by atoms with van der Waals surface area (Å²) < 4.78 is 66.4. The van der Waals surface area contributed by atoms with Crippen LogP contribution in [0.2, 0.25) is 0 Å². The Kier molecular flexibility index (Phi) is 9.40. The lowest BCUT2D eigenvalue weighted by Gasteiger charge is -2.35. The highest BCUT2D eigenvalue weighted by molar-refractivity contribution is 7.89. The molecule has 1 heterocycles. The molecule has 2 aromatic rings. The van der Waals surface area contributed by atoms with Gasteiger partial charge in [0.1, 0.15) is 6.04 Å². The third kappa shape index (κ3) is 8.07. The molecule has 212 valence electrons. The maximum absolute atomic E-state index is 13.1. The normalized spacial score (nSPS) is 15.4. The first-order chi connectivity index (χ1) is 18.3. The number of benzene rings is 2. The van der Waals surface area contributed by atoms with E-state index in [9.17, 15) is 41.1 Å². The SMILES string of the molecule is O=C(O)CCC[C@H](NC(=O)Nc1ccc(S(=O)(=O)N2CCN(c3cccc(C(F)(F)F)c3)CC2)cc1)C(=O)O. The highest BCUT2D eigenvalue weighted by Crippen LogP contribution is 2.32. The molecule has 0 spiro atoms. The molecule has 1 aliphatic heterocycles. The van der Waals surface area contributed by atoms with Gasteiger partial charge >= 0.3 is 24.1 Å². The number of sulfonamides is 1. The van der Waals surface area contributed by atoms with Gasteiger partial charge in [-0.15, -0.1) is 0 Å². The van der Waals surface area contributed by atoms with Gasteiger partial charge in [0.15, 0.2) is 0 Å². The number of amides is 2. The molecule has 15 heteroatoms. The number of nitrogens with zero attached hydrogens (tertiary/aromatic N) is 2. The van der Waals surface area contributed by atoms with E-state index in [1.165, 1.54) is 40.7 Å². The number of rotatable bonds is 10. The molecule has 2 aromatic carbocycles. The number of alkyl halides is 3. The summed E-state index contributed by atoms with van der Waals surface area (Å²) in [6.07, 6.45) is -4.77. The highest BCUT2D eigenvalue weighted by atomic mass is 32.2. The number of carboxylic acids is 2. The van der Waals surface area contributed by atoms with Crippen molar-refractivity contribution in [3.63, 3.8) is 0 Å². The van der Waals surface area contributed by atoms with Crippen LogP contribution in [0.1, 0.15) is 24.8 Å². The van der Waals surface area contributed by atoms with Gasteiger partial charge in [0.2, 0.25) is 10.0 Å². The van der Waals surface area contributed by atoms with E-state index in [4.69, 9.17) is 5.11 Å². The van der Waals surface area contributed by atoms with Crippen LogP contribution in [0.25, 0.3) is 0 Å². The second-order valence-electron chi connectivity index (χ2n) is 8.74.